The summed E-state index contributed by atoms with van der Waals surface area (Å²) in [5.41, 5.74) is 12.5. The highest BCUT2D eigenvalue weighted by atomic mass is 32.1. The van der Waals surface area contributed by atoms with Gasteiger partial charge in [-0.3, -0.25) is 0 Å². The molecule has 11 aromatic rings. The second-order valence-corrected chi connectivity index (χ2v) is 47.6. The maximum absolute atomic E-state index is 6.02. The van der Waals surface area contributed by atoms with Crippen molar-refractivity contribution in [2.24, 2.45) is 0 Å². The Kier molecular flexibility index (Phi) is 45.6. The molecule has 0 atom stereocenters. The zero-order valence-electron chi connectivity index (χ0n) is 77.6. The van der Waals surface area contributed by atoms with Crippen molar-refractivity contribution in [2.75, 3.05) is 7.11 Å². The smallest absolute Gasteiger partial charge is 0.174 e. The van der Waals surface area contributed by atoms with Gasteiger partial charge in [-0.2, -0.15) is 0 Å². The minimum Gasteiger partial charge on any atom is -0.487 e. The van der Waals surface area contributed by atoms with E-state index in [-0.39, 0.29) is 0 Å². The Balaban J connectivity index is 0.928. The summed E-state index contributed by atoms with van der Waals surface area (Å²) in [5, 5.41) is 1.05. The van der Waals surface area contributed by atoms with E-state index >= 15 is 0 Å². The molecule has 668 valence electrons. The summed E-state index contributed by atoms with van der Waals surface area (Å²) in [6.45, 7) is 21.1. The summed E-state index contributed by atoms with van der Waals surface area (Å²) in [6.07, 6.45) is 72.9. The fraction of sp³-hybridized carbons (Fsp3) is 0.600. The monoisotopic (exact) mass is 1840 g/mol. The number of thiophene rings is 11. The lowest BCUT2D eigenvalue weighted by Crippen LogP contribution is -1.87. The first-order chi connectivity index (χ1) is 60.1. The van der Waals surface area contributed by atoms with Crippen molar-refractivity contribution >= 4 is 125 Å². The normalized spacial score (nSPS) is 11.9. The van der Waals surface area contributed by atoms with E-state index in [1.807, 2.05) is 18.4 Å². The van der Waals surface area contributed by atoms with E-state index in [0.29, 0.717) is 0 Å². The van der Waals surface area contributed by atoms with Gasteiger partial charge < -0.3 is 4.74 Å². The molecule has 0 saturated heterocycles. The number of aryl methyl sites for hydroxylation is 9. The maximum Gasteiger partial charge on any atom is 0.174 e. The lowest BCUT2D eigenvalue weighted by atomic mass is 10.0. The first-order valence-corrected chi connectivity index (χ1v) is 58.9. The van der Waals surface area contributed by atoms with Gasteiger partial charge in [0.2, 0.25) is 0 Å². The molecule has 11 aromatic heterocycles. The number of unbranched alkanes of at least 4 members (excludes halogenated alkanes) is 40. The molecular formula is C110H156OS11. The molecule has 0 bridgehead atoms. The van der Waals surface area contributed by atoms with E-state index < -0.39 is 0 Å². The highest BCUT2D eigenvalue weighted by Gasteiger charge is 2.27. The average Bonchev–Trinajstić information content (AvgIpc) is 1.63. The molecule has 0 saturated carbocycles. The van der Waals surface area contributed by atoms with Crippen LogP contribution >= 0.6 is 125 Å². The van der Waals surface area contributed by atoms with Gasteiger partial charge in [0.1, 0.15) is 0 Å². The molecule has 122 heavy (non-hydrogen) atoms. The van der Waals surface area contributed by atoms with Crippen LogP contribution in [-0.4, -0.2) is 7.11 Å². The van der Waals surface area contributed by atoms with E-state index in [4.69, 9.17) is 4.74 Å². The Morgan fingerprint density at radius 3 is 0.607 bits per heavy atom. The molecule has 0 radical (unpaired) electrons. The number of hydrogen-bond donors (Lipinski definition) is 0. The van der Waals surface area contributed by atoms with Crippen molar-refractivity contribution < 1.29 is 4.74 Å². The molecule has 0 aliphatic carbocycles. The quantitative estimate of drug-likeness (QED) is 0.0345. The summed E-state index contributed by atoms with van der Waals surface area (Å²) >= 11 is 22.8. The Morgan fingerprint density at radius 2 is 0.352 bits per heavy atom. The molecule has 0 aromatic carbocycles. The number of methoxy groups -OCH3 is 1. The SMILES string of the molecule is CCCCCCCCc1cc(C)sc1-c1cc(CCCCCCCC)c(-c2ccc(-c3sc(-c4sc(-c5ccc(-c6cc(CCCCCCCC)c(-c7cc(CCCCCCCC)c(-c8ccc(-c9sc(-c%10sc(OC)cc%10CCCCCCCC)cc9CCCCCCCC)s8)s7)s6)s5)cc4CCCCCCCC)cc3CCCCCCCC)s2)s1. The minimum atomic E-state index is 1.05. The van der Waals surface area contributed by atoms with Crippen molar-refractivity contribution in [2.45, 2.75) is 422 Å². The second kappa shape index (κ2) is 56.2. The fourth-order valence-electron chi connectivity index (χ4n) is 18.0. The van der Waals surface area contributed by atoms with E-state index in [9.17, 15) is 0 Å². The van der Waals surface area contributed by atoms with Crippen molar-refractivity contribution in [3.05, 3.63) is 134 Å². The van der Waals surface area contributed by atoms with Gasteiger partial charge in [0, 0.05) is 97.5 Å². The van der Waals surface area contributed by atoms with E-state index in [0.717, 1.165) is 43.6 Å². The Morgan fingerprint density at radius 1 is 0.172 bits per heavy atom. The van der Waals surface area contributed by atoms with Gasteiger partial charge in [0.25, 0.3) is 0 Å². The summed E-state index contributed by atoms with van der Waals surface area (Å²) < 4.78 is 6.02. The first kappa shape index (κ1) is 99.1. The van der Waals surface area contributed by atoms with Gasteiger partial charge in [-0.25, -0.2) is 0 Å². The van der Waals surface area contributed by atoms with Crippen LogP contribution in [0.3, 0.4) is 0 Å². The van der Waals surface area contributed by atoms with Gasteiger partial charge in [0.15, 0.2) is 5.06 Å². The third kappa shape index (κ3) is 30.6. The molecule has 1 nitrogen and oxygen atoms in total. The van der Waals surface area contributed by atoms with Crippen molar-refractivity contribution in [1.29, 1.82) is 0 Å². The summed E-state index contributed by atoms with van der Waals surface area (Å²) in [6, 6.07) is 36.1. The van der Waals surface area contributed by atoms with Crippen LogP contribution in [0.25, 0.3) is 97.5 Å². The number of hydrogen-bond acceptors (Lipinski definition) is 12. The highest BCUT2D eigenvalue weighted by Crippen LogP contribution is 2.55. The van der Waals surface area contributed by atoms with Crippen LogP contribution in [0.1, 0.15) is 413 Å². The average molecular weight is 1850 g/mol. The van der Waals surface area contributed by atoms with Crippen molar-refractivity contribution in [1.82, 2.24) is 0 Å². The van der Waals surface area contributed by atoms with Gasteiger partial charge in [0.05, 0.1) is 12.0 Å². The van der Waals surface area contributed by atoms with Crippen LogP contribution in [0, 0.1) is 6.92 Å². The first-order valence-electron chi connectivity index (χ1n) is 49.9. The van der Waals surface area contributed by atoms with Crippen LogP contribution in [0.15, 0.2) is 84.9 Å². The zero-order valence-corrected chi connectivity index (χ0v) is 86.6. The van der Waals surface area contributed by atoms with Crippen molar-refractivity contribution in [3.63, 3.8) is 0 Å². The van der Waals surface area contributed by atoms with Crippen LogP contribution in [0.2, 0.25) is 0 Å². The molecule has 0 aliphatic rings. The predicted molar refractivity (Wildman–Crippen MR) is 565 cm³/mol. The van der Waals surface area contributed by atoms with Crippen molar-refractivity contribution in [3.8, 4) is 103 Å². The van der Waals surface area contributed by atoms with E-state index in [2.05, 4.69) is 261 Å². The van der Waals surface area contributed by atoms with Gasteiger partial charge in [-0.1, -0.05) is 324 Å². The third-order valence-electron chi connectivity index (χ3n) is 25.3. The molecule has 0 spiro atoms. The molecule has 0 amide bonds. The zero-order chi connectivity index (χ0) is 85.3. The second-order valence-electron chi connectivity index (χ2n) is 35.8. The fourth-order valence-corrected chi connectivity index (χ4v) is 31.7. The molecule has 0 N–H and O–H groups in total. The predicted octanol–water partition coefficient (Wildman–Crippen LogP) is 42.6. The largest absolute Gasteiger partial charge is 0.487 e. The van der Waals surface area contributed by atoms with Gasteiger partial charge in [-0.05, 0) is 239 Å². The van der Waals surface area contributed by atoms with Crippen LogP contribution in [0.4, 0.5) is 0 Å². The van der Waals surface area contributed by atoms with E-state index in [1.54, 1.807) is 48.7 Å². The highest BCUT2D eigenvalue weighted by molar-refractivity contribution is 7.33. The molecule has 0 unspecified atom stereocenters. The van der Waals surface area contributed by atoms with Gasteiger partial charge >= 0.3 is 0 Å². The molecule has 0 fully saturated rings. The summed E-state index contributed by atoms with van der Waals surface area (Å²) in [5.74, 6) is 0. The lowest BCUT2D eigenvalue weighted by molar-refractivity contribution is 0.427. The summed E-state index contributed by atoms with van der Waals surface area (Å²) in [4.78, 5) is 31.2. The molecule has 11 rings (SSSR count). The number of rotatable bonds is 67. The topological polar surface area (TPSA) is 9.23 Å². The Hall–Kier alpha value is -3.50. The Labute approximate surface area is 787 Å². The maximum atomic E-state index is 6.02. The summed E-state index contributed by atoms with van der Waals surface area (Å²) in [7, 11) is 1.87. The molecule has 12 heteroatoms. The van der Waals surface area contributed by atoms with Crippen LogP contribution in [0.5, 0.6) is 5.06 Å². The van der Waals surface area contributed by atoms with Crippen LogP contribution < -0.4 is 4.74 Å². The molecule has 11 heterocycles. The third-order valence-corrected chi connectivity index (χ3v) is 39.6. The standard InChI is InChI=1S/C110H156OS11/c1-11-19-27-35-43-51-59-82-73-81(9)112-107(82)98-76-85(62-54-46-38-30-22-14-4)103(118-98)92-69-70-93(114-92)104-86(63-55-47-39-31-23-15-5)77-99(119-104)108-83(60-52-44-36-28-20-12-2)74-96(116-108)90-67-68-91(113-90)97-75-84(61-53-45-37-29-21-13-3)109(117-97)100-78-87(64-56-48-40-32-24-16-6)105(120-100)94-71-72-95(115-94)106-88(65-57-49-41-33-25-17-7)79-101(121-106)110-89(80-102(111-10)122-110)66-58-50-42-34-26-18-8/h67-80H,11-66H2,1-10H3. The lowest BCUT2D eigenvalue weighted by Gasteiger charge is -2.04. The molecular weight excluding hydrogens is 1690 g/mol. The Bertz CT molecular complexity index is 4660. The molecule has 0 aliphatic heterocycles. The van der Waals surface area contributed by atoms with Gasteiger partial charge in [-0.15, -0.1) is 113 Å². The number of ether oxygens (including phenoxy) is 1. The van der Waals surface area contributed by atoms with E-state index in [1.165, 1.54) is 419 Å². The van der Waals surface area contributed by atoms with Crippen LogP contribution in [-0.2, 0) is 51.4 Å². The minimum absolute atomic E-state index is 1.05.